The molecule has 0 aliphatic carbocycles. The summed E-state index contributed by atoms with van der Waals surface area (Å²) in [5.41, 5.74) is 0. The van der Waals surface area contributed by atoms with Gasteiger partial charge in [0.25, 0.3) is 5.91 Å². The number of halogens is 2. The van der Waals surface area contributed by atoms with E-state index >= 15 is 0 Å². The lowest BCUT2D eigenvalue weighted by Gasteiger charge is -2.22. The summed E-state index contributed by atoms with van der Waals surface area (Å²) in [7, 11) is 1.29. The molecule has 0 saturated carbocycles. The molecule has 2 rings (SSSR count). The van der Waals surface area contributed by atoms with E-state index in [1.807, 2.05) is 0 Å². The Kier molecular flexibility index (Phi) is 5.17. The first-order valence-corrected chi connectivity index (χ1v) is 7.27. The Bertz CT molecular complexity index is 552. The minimum Gasteiger partial charge on any atom is -0.481 e. The van der Waals surface area contributed by atoms with Crippen molar-refractivity contribution < 1.29 is 23.5 Å². The van der Waals surface area contributed by atoms with Gasteiger partial charge in [-0.1, -0.05) is 15.9 Å². The Morgan fingerprint density at radius 3 is 2.90 bits per heavy atom. The molecular formula is C14H15BrFNO4. The fourth-order valence-electron chi connectivity index (χ4n) is 2.26. The normalized spacial score (nSPS) is 17.7. The predicted molar refractivity (Wildman–Crippen MR) is 76.3 cm³/mol. The van der Waals surface area contributed by atoms with Crippen molar-refractivity contribution in [1.29, 1.82) is 0 Å². The van der Waals surface area contributed by atoms with Crippen LogP contribution in [0.25, 0.3) is 0 Å². The molecule has 1 fully saturated rings. The second-order valence-electron chi connectivity index (χ2n) is 4.63. The number of methoxy groups -OCH3 is 1. The number of hydrogen-bond acceptors (Lipinski definition) is 4. The number of carbonyl (C=O) groups is 2. The van der Waals surface area contributed by atoms with Gasteiger partial charge in [-0.05, 0) is 31.0 Å². The molecule has 5 nitrogen and oxygen atoms in total. The van der Waals surface area contributed by atoms with Crippen molar-refractivity contribution in [2.24, 2.45) is 0 Å². The van der Waals surface area contributed by atoms with E-state index in [0.717, 1.165) is 6.42 Å². The topological polar surface area (TPSA) is 55.8 Å². The summed E-state index contributed by atoms with van der Waals surface area (Å²) in [6.07, 6.45) is 1.31. The first kappa shape index (κ1) is 15.8. The summed E-state index contributed by atoms with van der Waals surface area (Å²) in [5.74, 6) is -1.34. The highest BCUT2D eigenvalue weighted by Gasteiger charge is 2.34. The van der Waals surface area contributed by atoms with Gasteiger partial charge in [-0.3, -0.25) is 4.79 Å². The fraction of sp³-hybridized carbons (Fsp3) is 0.429. The monoisotopic (exact) mass is 359 g/mol. The highest BCUT2D eigenvalue weighted by molar-refractivity contribution is 9.10. The van der Waals surface area contributed by atoms with Gasteiger partial charge in [0.1, 0.15) is 6.04 Å². The molecule has 0 N–H and O–H groups in total. The first-order valence-electron chi connectivity index (χ1n) is 6.48. The number of ether oxygens (including phenoxy) is 2. The maximum Gasteiger partial charge on any atom is 0.328 e. The zero-order valence-corrected chi connectivity index (χ0v) is 13.1. The van der Waals surface area contributed by atoms with Crippen LogP contribution in [0.3, 0.4) is 0 Å². The van der Waals surface area contributed by atoms with Crippen LogP contribution >= 0.6 is 15.9 Å². The van der Waals surface area contributed by atoms with E-state index < -0.39 is 17.8 Å². The molecule has 1 unspecified atom stereocenters. The third kappa shape index (κ3) is 3.72. The van der Waals surface area contributed by atoms with E-state index in [2.05, 4.69) is 20.7 Å². The summed E-state index contributed by atoms with van der Waals surface area (Å²) in [6.45, 7) is 0.164. The Morgan fingerprint density at radius 2 is 2.24 bits per heavy atom. The molecule has 1 atom stereocenters. The number of carbonyl (C=O) groups excluding carboxylic acids is 2. The lowest BCUT2D eigenvalue weighted by molar-refractivity contribution is -0.151. The minimum atomic E-state index is -0.569. The molecule has 1 aliphatic heterocycles. The molecule has 1 heterocycles. The number of nitrogens with zero attached hydrogens (tertiary/aromatic N) is 1. The molecule has 1 saturated heterocycles. The van der Waals surface area contributed by atoms with Crippen LogP contribution in [-0.2, 0) is 14.3 Å². The van der Waals surface area contributed by atoms with Gasteiger partial charge in [-0.2, -0.15) is 0 Å². The molecule has 1 aliphatic rings. The zero-order valence-electron chi connectivity index (χ0n) is 11.5. The van der Waals surface area contributed by atoms with Crippen LogP contribution in [0.4, 0.5) is 4.39 Å². The molecule has 0 radical (unpaired) electrons. The molecule has 0 bridgehead atoms. The van der Waals surface area contributed by atoms with Crippen molar-refractivity contribution >= 4 is 27.8 Å². The van der Waals surface area contributed by atoms with Gasteiger partial charge in [0.05, 0.1) is 7.11 Å². The molecule has 1 aromatic carbocycles. The van der Waals surface area contributed by atoms with Crippen molar-refractivity contribution in [3.05, 3.63) is 28.5 Å². The van der Waals surface area contributed by atoms with Crippen molar-refractivity contribution in [2.75, 3.05) is 20.3 Å². The van der Waals surface area contributed by atoms with Crippen molar-refractivity contribution in [2.45, 2.75) is 18.9 Å². The van der Waals surface area contributed by atoms with E-state index in [4.69, 9.17) is 4.74 Å². The second kappa shape index (κ2) is 6.89. The second-order valence-corrected chi connectivity index (χ2v) is 5.55. The van der Waals surface area contributed by atoms with Gasteiger partial charge in [0, 0.05) is 11.0 Å². The highest BCUT2D eigenvalue weighted by Crippen LogP contribution is 2.22. The van der Waals surface area contributed by atoms with Crippen LogP contribution in [0, 0.1) is 5.82 Å². The van der Waals surface area contributed by atoms with Crippen LogP contribution in [0.2, 0.25) is 0 Å². The standard InChI is InChI=1S/C14H15BrFNO4/c1-20-14(19)11-3-2-6-17(11)13(18)8-21-12-5-4-9(15)7-10(12)16/h4-5,7,11H,2-3,6,8H2,1H3. The minimum absolute atomic E-state index is 0.000338. The third-order valence-electron chi connectivity index (χ3n) is 3.29. The van der Waals surface area contributed by atoms with Crippen LogP contribution in [0.1, 0.15) is 12.8 Å². The molecule has 1 amide bonds. The Morgan fingerprint density at radius 1 is 1.48 bits per heavy atom. The summed E-state index contributed by atoms with van der Waals surface area (Å²) >= 11 is 3.14. The third-order valence-corrected chi connectivity index (χ3v) is 3.78. The lowest BCUT2D eigenvalue weighted by Crippen LogP contribution is -2.43. The van der Waals surface area contributed by atoms with E-state index in [-0.39, 0.29) is 18.3 Å². The Labute approximate surface area is 130 Å². The Hall–Kier alpha value is -1.63. The fourth-order valence-corrected chi connectivity index (χ4v) is 2.59. The molecule has 114 valence electrons. The van der Waals surface area contributed by atoms with Gasteiger partial charge in [-0.15, -0.1) is 0 Å². The van der Waals surface area contributed by atoms with Crippen LogP contribution in [-0.4, -0.2) is 43.1 Å². The maximum absolute atomic E-state index is 13.6. The average molecular weight is 360 g/mol. The van der Waals surface area contributed by atoms with E-state index in [1.54, 1.807) is 6.07 Å². The van der Waals surface area contributed by atoms with Gasteiger partial charge >= 0.3 is 5.97 Å². The Balaban J connectivity index is 1.96. The first-order chi connectivity index (χ1) is 10.0. The number of hydrogen-bond donors (Lipinski definition) is 0. The van der Waals surface area contributed by atoms with Crippen molar-refractivity contribution in [1.82, 2.24) is 4.90 Å². The van der Waals surface area contributed by atoms with Gasteiger partial charge in [0.15, 0.2) is 18.2 Å². The average Bonchev–Trinajstić information content (AvgIpc) is 2.94. The van der Waals surface area contributed by atoms with Crippen LogP contribution < -0.4 is 4.74 Å². The summed E-state index contributed by atoms with van der Waals surface area (Å²) in [4.78, 5) is 25.1. The molecular weight excluding hydrogens is 345 g/mol. The molecule has 21 heavy (non-hydrogen) atoms. The quantitative estimate of drug-likeness (QED) is 0.772. The summed E-state index contributed by atoms with van der Waals surface area (Å²) < 4.78 is 24.0. The summed E-state index contributed by atoms with van der Waals surface area (Å²) in [5, 5.41) is 0. The largest absolute Gasteiger partial charge is 0.481 e. The molecule has 0 spiro atoms. The zero-order chi connectivity index (χ0) is 15.4. The van der Waals surface area contributed by atoms with Gasteiger partial charge < -0.3 is 14.4 Å². The number of esters is 1. The van der Waals surface area contributed by atoms with Crippen molar-refractivity contribution in [3.8, 4) is 5.75 Å². The SMILES string of the molecule is COC(=O)C1CCCN1C(=O)COc1ccc(Br)cc1F. The predicted octanol–water partition coefficient (Wildman–Crippen LogP) is 2.13. The molecule has 0 aromatic heterocycles. The number of amides is 1. The smallest absolute Gasteiger partial charge is 0.328 e. The van der Waals surface area contributed by atoms with Crippen molar-refractivity contribution in [3.63, 3.8) is 0 Å². The number of likely N-dealkylation sites (tertiary alicyclic amines) is 1. The van der Waals surface area contributed by atoms with Crippen LogP contribution in [0.5, 0.6) is 5.75 Å². The van der Waals surface area contributed by atoms with Gasteiger partial charge in [-0.25, -0.2) is 9.18 Å². The van der Waals surface area contributed by atoms with Gasteiger partial charge in [0.2, 0.25) is 0 Å². The molecule has 1 aromatic rings. The maximum atomic E-state index is 13.6. The lowest BCUT2D eigenvalue weighted by atomic mass is 10.2. The highest BCUT2D eigenvalue weighted by atomic mass is 79.9. The number of rotatable bonds is 4. The molecule has 7 heteroatoms. The van der Waals surface area contributed by atoms with Crippen LogP contribution in [0.15, 0.2) is 22.7 Å². The van der Waals surface area contributed by atoms with E-state index in [9.17, 15) is 14.0 Å². The van der Waals surface area contributed by atoms with E-state index in [1.165, 1.54) is 24.1 Å². The summed E-state index contributed by atoms with van der Waals surface area (Å²) in [6, 6.07) is 3.75. The van der Waals surface area contributed by atoms with E-state index in [0.29, 0.717) is 17.4 Å². The number of benzene rings is 1.